The van der Waals surface area contributed by atoms with Crippen molar-refractivity contribution in [2.75, 3.05) is 19.5 Å². The first-order chi connectivity index (χ1) is 18.1. The molecule has 0 aliphatic heterocycles. The summed E-state index contributed by atoms with van der Waals surface area (Å²) in [5, 5.41) is 8.44. The Labute approximate surface area is 213 Å². The van der Waals surface area contributed by atoms with E-state index in [0.29, 0.717) is 28.6 Å². The van der Waals surface area contributed by atoms with E-state index in [4.69, 9.17) is 19.6 Å². The molecule has 0 saturated heterocycles. The van der Waals surface area contributed by atoms with Gasteiger partial charge < -0.3 is 19.4 Å². The molecule has 188 valence electrons. The number of hydrogen-bond donors (Lipinski definition) is 1. The second-order valence-electron chi connectivity index (χ2n) is 9.21. The molecule has 1 saturated carbocycles. The third-order valence-corrected chi connectivity index (χ3v) is 6.96. The molecule has 3 heterocycles. The molecule has 1 aliphatic carbocycles. The highest BCUT2D eigenvalue weighted by Crippen LogP contribution is 2.42. The molecule has 1 fully saturated rings. The molecule has 0 unspecified atom stereocenters. The number of nitrogens with zero attached hydrogens (tertiary/aromatic N) is 5. The lowest BCUT2D eigenvalue weighted by molar-refractivity contribution is 0.0328. The average molecular weight is 499 g/mol. The van der Waals surface area contributed by atoms with Crippen molar-refractivity contribution in [3.8, 4) is 39.7 Å². The number of aromatic nitrogens is 5. The van der Waals surface area contributed by atoms with Gasteiger partial charge in [-0.15, -0.1) is 5.10 Å². The van der Waals surface area contributed by atoms with E-state index in [1.165, 1.54) is 7.11 Å². The van der Waals surface area contributed by atoms with Gasteiger partial charge >= 0.3 is 0 Å². The van der Waals surface area contributed by atoms with E-state index in [-0.39, 0.29) is 17.9 Å². The Morgan fingerprint density at radius 1 is 1.03 bits per heavy atom. The highest BCUT2D eigenvalue weighted by atomic mass is 19.1. The molecule has 0 amide bonds. The van der Waals surface area contributed by atoms with E-state index in [0.717, 1.165) is 29.5 Å². The molecule has 6 rings (SSSR count). The molecule has 2 aromatic carbocycles. The minimum absolute atomic E-state index is 0.185. The molecule has 1 aliphatic rings. The van der Waals surface area contributed by atoms with Crippen LogP contribution in [0, 0.1) is 5.82 Å². The van der Waals surface area contributed by atoms with E-state index in [9.17, 15) is 0 Å². The van der Waals surface area contributed by atoms with E-state index in [1.54, 1.807) is 36.0 Å². The third kappa shape index (κ3) is 4.01. The smallest absolute Gasteiger partial charge is 0.218 e. The minimum atomic E-state index is -0.424. The summed E-state index contributed by atoms with van der Waals surface area (Å²) in [6, 6.07) is 15.3. The maximum atomic E-state index is 15.6. The zero-order valence-corrected chi connectivity index (χ0v) is 20.9. The summed E-state index contributed by atoms with van der Waals surface area (Å²) in [7, 11) is 5.10. The molecule has 37 heavy (non-hydrogen) atoms. The Bertz CT molecular complexity index is 1570. The lowest BCUT2D eigenvalue weighted by atomic mass is 9.89. The van der Waals surface area contributed by atoms with E-state index in [1.807, 2.05) is 54.3 Å². The molecule has 0 spiro atoms. The van der Waals surface area contributed by atoms with Gasteiger partial charge in [-0.1, -0.05) is 42.5 Å². The van der Waals surface area contributed by atoms with Gasteiger partial charge in [-0.05, 0) is 24.5 Å². The predicted molar refractivity (Wildman–Crippen MR) is 140 cm³/mol. The summed E-state index contributed by atoms with van der Waals surface area (Å²) in [6.45, 7) is 0. The van der Waals surface area contributed by atoms with Crippen molar-refractivity contribution < 1.29 is 13.9 Å². The van der Waals surface area contributed by atoms with Gasteiger partial charge in [0.25, 0.3) is 0 Å². The van der Waals surface area contributed by atoms with Gasteiger partial charge in [-0.3, -0.25) is 0 Å². The number of imidazole rings is 1. The van der Waals surface area contributed by atoms with Crippen LogP contribution in [-0.4, -0.2) is 50.5 Å². The molecular weight excluding hydrogens is 471 g/mol. The normalized spacial score (nSPS) is 17.1. The summed E-state index contributed by atoms with van der Waals surface area (Å²) in [6.07, 6.45) is 7.41. The monoisotopic (exact) mass is 498 g/mol. The first-order valence-corrected chi connectivity index (χ1v) is 12.2. The summed E-state index contributed by atoms with van der Waals surface area (Å²) in [5.74, 6) is 1.53. The topological polar surface area (TPSA) is 78.5 Å². The second-order valence-corrected chi connectivity index (χ2v) is 9.21. The van der Waals surface area contributed by atoms with Crippen LogP contribution in [0.15, 0.2) is 67.1 Å². The van der Waals surface area contributed by atoms with Gasteiger partial charge in [-0.25, -0.2) is 18.9 Å². The van der Waals surface area contributed by atoms with E-state index >= 15 is 4.39 Å². The number of anilines is 1. The predicted octanol–water partition coefficient (Wildman–Crippen LogP) is 5.20. The summed E-state index contributed by atoms with van der Waals surface area (Å²) in [4.78, 5) is 9.40. The number of fused-ring (bicyclic) bond motifs is 1. The second kappa shape index (κ2) is 9.33. The molecule has 3 aromatic heterocycles. The Balaban J connectivity index is 1.63. The fourth-order valence-corrected chi connectivity index (χ4v) is 4.91. The summed E-state index contributed by atoms with van der Waals surface area (Å²) in [5.41, 5.74) is 3.66. The SMILES string of the molecule is COc1cccc(-c2cn3nc(-c4nccn4C)nc(NC4CC(OC)C4)c3c2-c2ccccc2)c1F. The number of aryl methyl sites for hydroxylation is 1. The first-order valence-electron chi connectivity index (χ1n) is 12.2. The van der Waals surface area contributed by atoms with Crippen LogP contribution in [0.4, 0.5) is 10.2 Å². The van der Waals surface area contributed by atoms with Crippen molar-refractivity contribution in [3.63, 3.8) is 0 Å². The number of rotatable bonds is 7. The quantitative estimate of drug-likeness (QED) is 0.332. The lowest BCUT2D eigenvalue weighted by Crippen LogP contribution is -2.40. The number of ether oxygens (including phenoxy) is 2. The van der Waals surface area contributed by atoms with E-state index in [2.05, 4.69) is 10.3 Å². The maximum absolute atomic E-state index is 15.6. The maximum Gasteiger partial charge on any atom is 0.218 e. The fraction of sp³-hybridized carbons (Fsp3) is 0.250. The minimum Gasteiger partial charge on any atom is -0.494 e. The van der Waals surface area contributed by atoms with Crippen LogP contribution in [0.2, 0.25) is 0 Å². The van der Waals surface area contributed by atoms with Gasteiger partial charge in [0.1, 0.15) is 5.52 Å². The largest absolute Gasteiger partial charge is 0.494 e. The molecular formula is C28H27FN6O2. The molecule has 9 heteroatoms. The van der Waals surface area contributed by atoms with Crippen LogP contribution in [-0.2, 0) is 11.8 Å². The number of methoxy groups -OCH3 is 2. The van der Waals surface area contributed by atoms with Crippen molar-refractivity contribution in [1.82, 2.24) is 24.1 Å². The van der Waals surface area contributed by atoms with Crippen LogP contribution >= 0.6 is 0 Å². The Hall–Kier alpha value is -4.24. The van der Waals surface area contributed by atoms with Crippen molar-refractivity contribution >= 4 is 11.3 Å². The molecule has 0 bridgehead atoms. The Kier molecular flexibility index (Phi) is 5.84. The summed E-state index contributed by atoms with van der Waals surface area (Å²) < 4.78 is 30.0. The molecule has 0 radical (unpaired) electrons. The van der Waals surface area contributed by atoms with Crippen molar-refractivity contribution in [1.29, 1.82) is 0 Å². The fourth-order valence-electron chi connectivity index (χ4n) is 4.91. The number of nitrogens with one attached hydrogen (secondary N) is 1. The zero-order chi connectivity index (χ0) is 25.5. The Morgan fingerprint density at radius 2 is 1.84 bits per heavy atom. The van der Waals surface area contributed by atoms with Crippen LogP contribution in [0.5, 0.6) is 5.75 Å². The molecule has 0 atom stereocenters. The van der Waals surface area contributed by atoms with Crippen LogP contribution in [0.25, 0.3) is 39.4 Å². The van der Waals surface area contributed by atoms with Crippen molar-refractivity contribution in [3.05, 3.63) is 72.9 Å². The Morgan fingerprint density at radius 3 is 2.54 bits per heavy atom. The van der Waals surface area contributed by atoms with Crippen LogP contribution in [0.3, 0.4) is 0 Å². The van der Waals surface area contributed by atoms with Crippen molar-refractivity contribution in [2.45, 2.75) is 25.0 Å². The third-order valence-electron chi connectivity index (χ3n) is 6.96. The number of halogens is 1. The van der Waals surface area contributed by atoms with Gasteiger partial charge in [-0.2, -0.15) is 0 Å². The van der Waals surface area contributed by atoms with Gasteiger partial charge in [0.15, 0.2) is 23.2 Å². The summed E-state index contributed by atoms with van der Waals surface area (Å²) >= 11 is 0. The first kappa shape index (κ1) is 23.2. The standard InChI is InChI=1S/C28H27FN6O2/c1-34-13-12-30-28(34)27-32-26(31-18-14-19(15-18)36-2)25-23(17-8-5-4-6-9-17)21(16-35(25)33-27)20-10-7-11-22(37-3)24(20)29/h4-13,16,18-19H,14-15H2,1-3H3,(H,31,32,33). The molecule has 5 aromatic rings. The average Bonchev–Trinajstić information content (AvgIpc) is 3.50. The van der Waals surface area contributed by atoms with Gasteiger partial charge in [0.05, 0.1) is 13.2 Å². The van der Waals surface area contributed by atoms with E-state index < -0.39 is 5.82 Å². The van der Waals surface area contributed by atoms with Crippen LogP contribution in [0.1, 0.15) is 12.8 Å². The highest BCUT2D eigenvalue weighted by Gasteiger charge is 2.31. The highest BCUT2D eigenvalue weighted by molar-refractivity contribution is 5.99. The van der Waals surface area contributed by atoms with Crippen LogP contribution < -0.4 is 10.1 Å². The van der Waals surface area contributed by atoms with Gasteiger partial charge in [0.2, 0.25) is 5.82 Å². The lowest BCUT2D eigenvalue weighted by Gasteiger charge is -2.35. The molecule has 1 N–H and O–H groups in total. The number of hydrogen-bond acceptors (Lipinski definition) is 6. The molecule has 8 nitrogen and oxygen atoms in total. The van der Waals surface area contributed by atoms with Crippen molar-refractivity contribution in [2.24, 2.45) is 7.05 Å². The number of benzene rings is 2. The zero-order valence-electron chi connectivity index (χ0n) is 20.9. The van der Waals surface area contributed by atoms with Gasteiger partial charge in [0, 0.05) is 55.5 Å².